The molecule has 0 aromatic heterocycles. The molecule has 5 nitrogen and oxygen atoms in total. The van der Waals surface area contributed by atoms with Gasteiger partial charge in [0, 0.05) is 16.4 Å². The molecular formula is C11H14N3O2P. The maximum Gasteiger partial charge on any atom is 0.127 e. The molecule has 1 saturated heterocycles. The van der Waals surface area contributed by atoms with Crippen molar-refractivity contribution in [3.8, 4) is 0 Å². The first kappa shape index (κ1) is 12.2. The molecule has 90 valence electrons. The molecule has 0 bridgehead atoms. The summed E-state index contributed by atoms with van der Waals surface area (Å²) in [6.45, 7) is 1.58. The molecule has 1 aliphatic rings. The van der Waals surface area contributed by atoms with Crippen molar-refractivity contribution in [3.05, 3.63) is 40.8 Å². The number of azide groups is 1. The Morgan fingerprint density at radius 3 is 2.76 bits per heavy atom. The van der Waals surface area contributed by atoms with Gasteiger partial charge >= 0.3 is 0 Å². The van der Waals surface area contributed by atoms with Gasteiger partial charge in [-0.1, -0.05) is 35.4 Å². The Hall–Kier alpha value is -1.28. The second-order valence-electron chi connectivity index (χ2n) is 4.54. The smallest absolute Gasteiger partial charge is 0.127 e. The van der Waals surface area contributed by atoms with Crippen LogP contribution in [-0.2, 0) is 4.57 Å². The number of hydrogen-bond acceptors (Lipinski definition) is 3. The van der Waals surface area contributed by atoms with Crippen molar-refractivity contribution in [2.24, 2.45) is 5.11 Å². The molecule has 0 saturated carbocycles. The first-order valence-electron chi connectivity index (χ1n) is 5.42. The second-order valence-corrected chi connectivity index (χ2v) is 7.58. The molecular weight excluding hydrogens is 237 g/mol. The van der Waals surface area contributed by atoms with Gasteiger partial charge in [-0.15, -0.1) is 0 Å². The van der Waals surface area contributed by atoms with Gasteiger partial charge in [-0.2, -0.15) is 0 Å². The van der Waals surface area contributed by atoms with E-state index in [9.17, 15) is 9.67 Å². The summed E-state index contributed by atoms with van der Waals surface area (Å²) >= 11 is 0. The summed E-state index contributed by atoms with van der Waals surface area (Å²) in [7, 11) is -2.84. The van der Waals surface area contributed by atoms with E-state index in [0.29, 0.717) is 17.9 Å². The minimum atomic E-state index is -2.84. The number of aliphatic hydroxyl groups is 1. The van der Waals surface area contributed by atoms with Gasteiger partial charge in [0.15, 0.2) is 0 Å². The summed E-state index contributed by atoms with van der Waals surface area (Å²) in [5.74, 6) is -0.859. The molecule has 1 aliphatic heterocycles. The van der Waals surface area contributed by atoms with Gasteiger partial charge in [0.25, 0.3) is 0 Å². The van der Waals surface area contributed by atoms with Gasteiger partial charge in [0.1, 0.15) is 12.9 Å². The summed E-state index contributed by atoms with van der Waals surface area (Å²) in [5, 5.41) is 14.4. The first-order chi connectivity index (χ1) is 8.00. The van der Waals surface area contributed by atoms with E-state index in [0.717, 1.165) is 0 Å². The van der Waals surface area contributed by atoms with Gasteiger partial charge < -0.3 is 9.67 Å². The maximum absolute atomic E-state index is 12.9. The predicted octanol–water partition coefficient (Wildman–Crippen LogP) is 2.47. The number of hydrogen-bond donors (Lipinski definition) is 1. The molecule has 0 radical (unpaired) electrons. The molecule has 1 N–H and O–H groups in total. The summed E-state index contributed by atoms with van der Waals surface area (Å²) < 4.78 is 12.9. The number of rotatable bonds is 2. The zero-order valence-electron chi connectivity index (χ0n) is 9.52. The lowest BCUT2D eigenvalue weighted by Gasteiger charge is -2.25. The molecule has 0 spiro atoms. The highest BCUT2D eigenvalue weighted by atomic mass is 31.2. The van der Waals surface area contributed by atoms with Crippen LogP contribution in [0.15, 0.2) is 35.4 Å². The predicted molar refractivity (Wildman–Crippen MR) is 66.7 cm³/mol. The third-order valence-electron chi connectivity index (χ3n) is 3.26. The van der Waals surface area contributed by atoms with Crippen LogP contribution in [-0.4, -0.2) is 22.7 Å². The minimum Gasteiger partial charge on any atom is -0.389 e. The number of nitrogens with zero attached hydrogens (tertiary/aromatic N) is 3. The van der Waals surface area contributed by atoms with Crippen molar-refractivity contribution in [3.63, 3.8) is 0 Å². The fourth-order valence-electron chi connectivity index (χ4n) is 2.30. The van der Waals surface area contributed by atoms with E-state index in [2.05, 4.69) is 10.0 Å². The van der Waals surface area contributed by atoms with Crippen LogP contribution in [0.25, 0.3) is 10.4 Å². The van der Waals surface area contributed by atoms with Crippen LogP contribution in [0.3, 0.4) is 0 Å². The van der Waals surface area contributed by atoms with Crippen LogP contribution in [0.5, 0.6) is 0 Å². The lowest BCUT2D eigenvalue weighted by Crippen LogP contribution is -2.33. The van der Waals surface area contributed by atoms with Crippen LogP contribution in [0.1, 0.15) is 13.3 Å². The molecule has 1 fully saturated rings. The van der Waals surface area contributed by atoms with E-state index in [-0.39, 0.29) is 0 Å². The van der Waals surface area contributed by atoms with E-state index in [1.54, 1.807) is 31.2 Å². The Morgan fingerprint density at radius 2 is 2.18 bits per heavy atom. The molecule has 1 aromatic rings. The number of benzene rings is 1. The molecule has 3 atom stereocenters. The topological polar surface area (TPSA) is 86.1 Å². The van der Waals surface area contributed by atoms with E-state index >= 15 is 0 Å². The fourth-order valence-corrected chi connectivity index (χ4v) is 5.79. The minimum absolute atomic E-state index is 0.383. The average Bonchev–Trinajstić information content (AvgIpc) is 2.56. The van der Waals surface area contributed by atoms with E-state index in [1.807, 2.05) is 6.07 Å². The standard InChI is InChI=1S/C11H14N3O2P/c1-11(15)7-8-17(16,10(11)13-14-12)9-5-3-2-4-6-9/h2-6,10,15H,7-8H2,1H3/t10-,11-,17?/m1/s1. The first-order valence-corrected chi connectivity index (χ1v) is 7.38. The van der Waals surface area contributed by atoms with E-state index in [4.69, 9.17) is 5.53 Å². The average molecular weight is 251 g/mol. The molecule has 17 heavy (non-hydrogen) atoms. The van der Waals surface area contributed by atoms with Crippen molar-refractivity contribution in [2.45, 2.75) is 24.7 Å². The molecule has 1 aromatic carbocycles. The highest BCUT2D eigenvalue weighted by Crippen LogP contribution is 2.61. The molecule has 0 aliphatic carbocycles. The van der Waals surface area contributed by atoms with Crippen LogP contribution in [0.2, 0.25) is 0 Å². The van der Waals surface area contributed by atoms with Crippen molar-refractivity contribution in [1.82, 2.24) is 0 Å². The van der Waals surface area contributed by atoms with Gasteiger partial charge in [-0.3, -0.25) is 0 Å². The largest absolute Gasteiger partial charge is 0.389 e. The summed E-state index contributed by atoms with van der Waals surface area (Å²) in [6, 6.07) is 8.97. The lowest BCUT2D eigenvalue weighted by molar-refractivity contribution is 0.0623. The van der Waals surface area contributed by atoms with Crippen molar-refractivity contribution in [1.29, 1.82) is 0 Å². The normalized spacial score (nSPS) is 36.5. The zero-order chi connectivity index (χ0) is 12.5. The second kappa shape index (κ2) is 4.19. The van der Waals surface area contributed by atoms with Gasteiger partial charge in [-0.05, 0) is 18.9 Å². The Kier molecular flexibility index (Phi) is 3.00. The molecule has 1 heterocycles. The van der Waals surface area contributed by atoms with E-state index in [1.165, 1.54) is 0 Å². The van der Waals surface area contributed by atoms with Crippen molar-refractivity contribution >= 4 is 12.4 Å². The summed E-state index contributed by atoms with van der Waals surface area (Å²) in [5.41, 5.74) is 7.38. The maximum atomic E-state index is 12.9. The quantitative estimate of drug-likeness (QED) is 0.379. The molecule has 0 amide bonds. The zero-order valence-corrected chi connectivity index (χ0v) is 10.4. The van der Waals surface area contributed by atoms with Crippen molar-refractivity contribution in [2.75, 3.05) is 6.16 Å². The van der Waals surface area contributed by atoms with Crippen LogP contribution in [0, 0.1) is 0 Å². The Labute approximate surface area is 99.5 Å². The Morgan fingerprint density at radius 1 is 1.53 bits per heavy atom. The van der Waals surface area contributed by atoms with Crippen molar-refractivity contribution < 1.29 is 9.67 Å². The molecule has 1 unspecified atom stereocenters. The van der Waals surface area contributed by atoms with Crippen LogP contribution >= 0.6 is 7.14 Å². The third kappa shape index (κ3) is 1.98. The Balaban J connectivity index is 2.51. The molecule has 6 heteroatoms. The highest BCUT2D eigenvalue weighted by Gasteiger charge is 2.51. The summed E-state index contributed by atoms with van der Waals surface area (Å²) in [6.07, 6.45) is 0.774. The Bertz CT molecular complexity index is 509. The van der Waals surface area contributed by atoms with Gasteiger partial charge in [0.2, 0.25) is 0 Å². The third-order valence-corrected chi connectivity index (χ3v) is 6.77. The van der Waals surface area contributed by atoms with Gasteiger partial charge in [0.05, 0.1) is 5.60 Å². The molecule has 2 rings (SSSR count). The van der Waals surface area contributed by atoms with Crippen LogP contribution < -0.4 is 5.30 Å². The van der Waals surface area contributed by atoms with Gasteiger partial charge in [-0.25, -0.2) is 0 Å². The van der Waals surface area contributed by atoms with Crippen LogP contribution in [0.4, 0.5) is 0 Å². The fraction of sp³-hybridized carbons (Fsp3) is 0.455. The SMILES string of the molecule is C[C@@]1(O)CCP(=O)(c2ccccc2)[C@H]1N=[N+]=[N-]. The lowest BCUT2D eigenvalue weighted by atomic mass is 10.1. The summed E-state index contributed by atoms with van der Waals surface area (Å²) in [4.78, 5) is 2.73. The highest BCUT2D eigenvalue weighted by molar-refractivity contribution is 7.72. The van der Waals surface area contributed by atoms with E-state index < -0.39 is 18.5 Å². The monoisotopic (exact) mass is 251 g/mol.